The van der Waals surface area contributed by atoms with Gasteiger partial charge in [0.05, 0.1) is 24.6 Å². The molecule has 0 spiro atoms. The van der Waals surface area contributed by atoms with Gasteiger partial charge >= 0.3 is 5.69 Å². The van der Waals surface area contributed by atoms with E-state index in [1.165, 1.54) is 6.20 Å². The van der Waals surface area contributed by atoms with Crippen molar-refractivity contribution >= 4 is 11.6 Å². The van der Waals surface area contributed by atoms with Crippen LogP contribution in [-0.2, 0) is 6.54 Å². The number of halogens is 1. The first-order chi connectivity index (χ1) is 8.08. The summed E-state index contributed by atoms with van der Waals surface area (Å²) >= 11 is 5.65. The molecule has 0 saturated heterocycles. The minimum atomic E-state index is -0.0447. The Labute approximate surface area is 104 Å². The molecule has 6 heteroatoms. The number of rotatable bonds is 3. The number of aromatic nitrogens is 4. The molecule has 5 nitrogen and oxygen atoms in total. The lowest BCUT2D eigenvalue weighted by Gasteiger charge is -2.04. The highest BCUT2D eigenvalue weighted by atomic mass is 35.5. The third-order valence-corrected chi connectivity index (χ3v) is 2.63. The van der Waals surface area contributed by atoms with Crippen molar-refractivity contribution in [3.05, 3.63) is 46.1 Å². The summed E-state index contributed by atoms with van der Waals surface area (Å²) in [5.74, 6) is 0. The lowest BCUT2D eigenvalue weighted by molar-refractivity contribution is 0.559. The highest BCUT2D eigenvalue weighted by molar-refractivity contribution is 6.29. The Kier molecular flexibility index (Phi) is 3.28. The van der Waals surface area contributed by atoms with Crippen molar-refractivity contribution < 1.29 is 0 Å². The van der Waals surface area contributed by atoms with Crippen molar-refractivity contribution in [3.8, 4) is 0 Å². The largest absolute Gasteiger partial charge is 0.328 e. The molecule has 0 bridgehead atoms. The van der Waals surface area contributed by atoms with Crippen molar-refractivity contribution in [3.63, 3.8) is 0 Å². The number of hydrogen-bond acceptors (Lipinski definition) is 3. The molecule has 0 aliphatic rings. The van der Waals surface area contributed by atoms with Gasteiger partial charge in [-0.1, -0.05) is 11.6 Å². The van der Waals surface area contributed by atoms with Crippen LogP contribution in [0.3, 0.4) is 0 Å². The smallest absolute Gasteiger partial charge is 0.297 e. The lowest BCUT2D eigenvalue weighted by atomic mass is 10.4. The van der Waals surface area contributed by atoms with Crippen LogP contribution < -0.4 is 5.69 Å². The summed E-state index contributed by atoms with van der Waals surface area (Å²) in [5, 5.41) is 0.348. The molecular formula is C11H13ClN4O. The summed E-state index contributed by atoms with van der Waals surface area (Å²) in [7, 11) is 0. The Balaban J connectivity index is 2.25. The van der Waals surface area contributed by atoms with Gasteiger partial charge in [0.15, 0.2) is 0 Å². The molecule has 0 N–H and O–H groups in total. The van der Waals surface area contributed by atoms with Crippen molar-refractivity contribution in [2.75, 3.05) is 0 Å². The lowest BCUT2D eigenvalue weighted by Crippen LogP contribution is -2.25. The SMILES string of the molecule is CC(C)n1ccn(Cc2cnc(Cl)cn2)c1=O. The molecule has 0 amide bonds. The van der Waals surface area contributed by atoms with Crippen LogP contribution in [0.15, 0.2) is 29.6 Å². The van der Waals surface area contributed by atoms with Crippen LogP contribution in [0.2, 0.25) is 5.15 Å². The molecule has 0 saturated carbocycles. The maximum absolute atomic E-state index is 11.9. The average molecular weight is 253 g/mol. The summed E-state index contributed by atoms with van der Waals surface area (Å²) in [4.78, 5) is 20.0. The second-order valence-corrected chi connectivity index (χ2v) is 4.43. The van der Waals surface area contributed by atoms with Gasteiger partial charge in [0.2, 0.25) is 0 Å². The first-order valence-corrected chi connectivity index (χ1v) is 5.69. The predicted octanol–water partition coefficient (Wildman–Crippen LogP) is 1.72. The standard InChI is InChI=1S/C11H13ClN4O/c1-8(2)16-4-3-15(11(16)17)7-9-5-14-10(12)6-13-9/h3-6,8H,7H2,1-2H3. The molecule has 2 heterocycles. The average Bonchev–Trinajstić information content (AvgIpc) is 2.64. The van der Waals surface area contributed by atoms with Crippen LogP contribution in [0.5, 0.6) is 0 Å². The molecular weight excluding hydrogens is 240 g/mol. The van der Waals surface area contributed by atoms with Crippen molar-refractivity contribution in [1.29, 1.82) is 0 Å². The van der Waals surface area contributed by atoms with E-state index in [2.05, 4.69) is 9.97 Å². The molecule has 0 fully saturated rings. The summed E-state index contributed by atoms with van der Waals surface area (Å²) in [6.07, 6.45) is 6.57. The molecule has 17 heavy (non-hydrogen) atoms. The molecule has 0 atom stereocenters. The molecule has 0 unspecified atom stereocenters. The second kappa shape index (κ2) is 4.71. The van der Waals surface area contributed by atoms with Gasteiger partial charge in [0.25, 0.3) is 0 Å². The topological polar surface area (TPSA) is 52.7 Å². The van der Waals surface area contributed by atoms with E-state index < -0.39 is 0 Å². The zero-order chi connectivity index (χ0) is 12.4. The zero-order valence-corrected chi connectivity index (χ0v) is 10.4. The second-order valence-electron chi connectivity index (χ2n) is 4.04. The van der Waals surface area contributed by atoms with Gasteiger partial charge in [-0.2, -0.15) is 0 Å². The van der Waals surface area contributed by atoms with Gasteiger partial charge in [0, 0.05) is 18.4 Å². The molecule has 2 rings (SSSR count). The molecule has 0 aliphatic carbocycles. The predicted molar refractivity (Wildman–Crippen MR) is 65.2 cm³/mol. The van der Waals surface area contributed by atoms with Crippen LogP contribution in [0, 0.1) is 0 Å². The number of hydrogen-bond donors (Lipinski definition) is 0. The Hall–Kier alpha value is -1.62. The van der Waals surface area contributed by atoms with Gasteiger partial charge in [0.1, 0.15) is 5.15 Å². The zero-order valence-electron chi connectivity index (χ0n) is 9.67. The number of imidazole rings is 1. The van der Waals surface area contributed by atoms with E-state index in [1.807, 2.05) is 13.8 Å². The van der Waals surface area contributed by atoms with Gasteiger partial charge < -0.3 is 0 Å². The van der Waals surface area contributed by atoms with Crippen LogP contribution in [0.4, 0.5) is 0 Å². The normalized spacial score (nSPS) is 11.1. The van der Waals surface area contributed by atoms with E-state index in [4.69, 9.17) is 11.6 Å². The van der Waals surface area contributed by atoms with E-state index in [0.29, 0.717) is 17.4 Å². The Bertz CT molecular complexity index is 556. The van der Waals surface area contributed by atoms with Gasteiger partial charge in [-0.15, -0.1) is 0 Å². The van der Waals surface area contributed by atoms with E-state index in [1.54, 1.807) is 27.7 Å². The third kappa shape index (κ3) is 2.55. The maximum atomic E-state index is 11.9. The first-order valence-electron chi connectivity index (χ1n) is 5.31. The molecule has 0 radical (unpaired) electrons. The maximum Gasteiger partial charge on any atom is 0.328 e. The molecule has 2 aromatic heterocycles. The summed E-state index contributed by atoms with van der Waals surface area (Å²) < 4.78 is 3.27. The van der Waals surface area contributed by atoms with Crippen LogP contribution in [0.25, 0.3) is 0 Å². The van der Waals surface area contributed by atoms with Crippen LogP contribution in [-0.4, -0.2) is 19.1 Å². The number of nitrogens with zero attached hydrogens (tertiary/aromatic N) is 4. The van der Waals surface area contributed by atoms with Crippen molar-refractivity contribution in [2.45, 2.75) is 26.4 Å². The van der Waals surface area contributed by atoms with E-state index in [0.717, 1.165) is 0 Å². The first kappa shape index (κ1) is 11.9. The minimum Gasteiger partial charge on any atom is -0.297 e. The fourth-order valence-corrected chi connectivity index (χ4v) is 1.63. The Morgan fingerprint density at radius 2 is 2.06 bits per heavy atom. The minimum absolute atomic E-state index is 0.0447. The van der Waals surface area contributed by atoms with Gasteiger partial charge in [-0.05, 0) is 13.8 Å². The summed E-state index contributed by atoms with van der Waals surface area (Å²) in [6.45, 7) is 4.34. The molecule has 0 aromatic carbocycles. The fourth-order valence-electron chi connectivity index (χ4n) is 1.54. The van der Waals surface area contributed by atoms with E-state index in [9.17, 15) is 4.79 Å². The van der Waals surface area contributed by atoms with Gasteiger partial charge in [-0.25, -0.2) is 9.78 Å². The molecule has 2 aromatic rings. The highest BCUT2D eigenvalue weighted by Crippen LogP contribution is 2.03. The molecule has 90 valence electrons. The third-order valence-electron chi connectivity index (χ3n) is 2.44. The quantitative estimate of drug-likeness (QED) is 0.836. The van der Waals surface area contributed by atoms with E-state index in [-0.39, 0.29) is 11.7 Å². The van der Waals surface area contributed by atoms with Crippen LogP contribution in [0.1, 0.15) is 25.6 Å². The highest BCUT2D eigenvalue weighted by Gasteiger charge is 2.07. The van der Waals surface area contributed by atoms with Gasteiger partial charge in [-0.3, -0.25) is 14.1 Å². The van der Waals surface area contributed by atoms with Crippen molar-refractivity contribution in [2.24, 2.45) is 0 Å². The van der Waals surface area contributed by atoms with Crippen molar-refractivity contribution in [1.82, 2.24) is 19.1 Å². The summed E-state index contributed by atoms with van der Waals surface area (Å²) in [6, 6.07) is 0.153. The fraction of sp³-hybridized carbons (Fsp3) is 0.364. The Morgan fingerprint density at radius 1 is 1.29 bits per heavy atom. The van der Waals surface area contributed by atoms with Crippen LogP contribution >= 0.6 is 11.6 Å². The monoisotopic (exact) mass is 252 g/mol. The molecule has 0 aliphatic heterocycles. The Morgan fingerprint density at radius 3 is 2.59 bits per heavy atom. The van der Waals surface area contributed by atoms with E-state index >= 15 is 0 Å². The summed E-state index contributed by atoms with van der Waals surface area (Å²) in [5.41, 5.74) is 0.662.